The van der Waals surface area contributed by atoms with Gasteiger partial charge in [0.15, 0.2) is 5.84 Å². The molecule has 0 saturated heterocycles. The Labute approximate surface area is 333 Å². The number of benzene rings is 9. The molecule has 3 heterocycles. The van der Waals surface area contributed by atoms with E-state index in [2.05, 4.69) is 186 Å². The van der Waals surface area contributed by atoms with Crippen LogP contribution in [0.15, 0.2) is 209 Å². The van der Waals surface area contributed by atoms with Crippen LogP contribution in [0.3, 0.4) is 0 Å². The lowest BCUT2D eigenvalue weighted by molar-refractivity contribution is 0.660. The quantitative estimate of drug-likeness (QED) is 0.191. The molecule has 1 unspecified atom stereocenters. The predicted molar refractivity (Wildman–Crippen MR) is 240 cm³/mol. The van der Waals surface area contributed by atoms with E-state index in [1.165, 1.54) is 32.5 Å². The van der Waals surface area contributed by atoms with Crippen LogP contribution in [0.25, 0.3) is 82.1 Å². The van der Waals surface area contributed by atoms with Gasteiger partial charge in [0, 0.05) is 32.8 Å². The number of nitrogens with one attached hydrogen (secondary N) is 1. The van der Waals surface area contributed by atoms with Crippen LogP contribution in [0.5, 0.6) is 0 Å². The Hall–Kier alpha value is -7.76. The third-order valence-corrected chi connectivity index (χ3v) is 11.6. The van der Waals surface area contributed by atoms with E-state index in [0.717, 1.165) is 66.3 Å². The van der Waals surface area contributed by atoms with E-state index in [9.17, 15) is 0 Å². The first-order chi connectivity index (χ1) is 28.7. The van der Waals surface area contributed by atoms with Crippen LogP contribution in [0.2, 0.25) is 0 Å². The molecule has 0 amide bonds. The summed E-state index contributed by atoms with van der Waals surface area (Å²) in [4.78, 5) is 10.7. The fourth-order valence-electron chi connectivity index (χ4n) is 8.76. The Morgan fingerprint density at radius 3 is 1.95 bits per heavy atom. The summed E-state index contributed by atoms with van der Waals surface area (Å²) in [6.07, 6.45) is -0.399. The molecule has 0 radical (unpaired) electrons. The number of hydrogen-bond donors (Lipinski definition) is 1. The normalized spacial score (nSPS) is 14.4. The predicted octanol–water partition coefficient (Wildman–Crippen LogP) is 13.2. The maximum Gasteiger partial charge on any atom is 0.159 e. The van der Waals surface area contributed by atoms with E-state index in [0.29, 0.717) is 11.7 Å². The van der Waals surface area contributed by atoms with Crippen LogP contribution in [-0.2, 0) is 0 Å². The first-order valence-electron chi connectivity index (χ1n) is 19.7. The van der Waals surface area contributed by atoms with E-state index in [1.54, 1.807) is 0 Å². The van der Waals surface area contributed by atoms with Gasteiger partial charge in [-0.2, -0.15) is 0 Å². The van der Waals surface area contributed by atoms with Crippen molar-refractivity contribution in [1.82, 2.24) is 9.88 Å². The minimum atomic E-state index is -0.399. The van der Waals surface area contributed by atoms with Crippen LogP contribution < -0.4 is 5.32 Å². The van der Waals surface area contributed by atoms with E-state index in [-0.39, 0.29) is 0 Å². The molecular weight excluding hydrogens is 709 g/mol. The molecule has 5 nitrogen and oxygen atoms in total. The van der Waals surface area contributed by atoms with Gasteiger partial charge >= 0.3 is 0 Å². The van der Waals surface area contributed by atoms with Crippen LogP contribution in [-0.4, -0.2) is 16.2 Å². The maximum atomic E-state index is 6.78. The molecule has 1 aliphatic rings. The van der Waals surface area contributed by atoms with Crippen molar-refractivity contribution in [2.45, 2.75) is 6.17 Å². The molecule has 11 aromatic rings. The van der Waals surface area contributed by atoms with Crippen LogP contribution in [0.1, 0.15) is 22.9 Å². The van der Waals surface area contributed by atoms with Gasteiger partial charge in [-0.15, -0.1) is 0 Å². The zero-order chi connectivity index (χ0) is 38.2. The molecular formula is C53H34N4O. The first kappa shape index (κ1) is 32.5. The summed E-state index contributed by atoms with van der Waals surface area (Å²) in [5.41, 5.74) is 10.1. The van der Waals surface area contributed by atoms with Crippen LogP contribution in [0, 0.1) is 0 Å². The SMILES string of the molecule is c1ccc(-c2ccc(C3=NC(c4ccc5ccccc5c4)NC(c4cc(-n5c6ccccc6c6cc7ccccc7cc65)cc5c4oc4ccccc45)=N3)cc2)cc1. The summed E-state index contributed by atoms with van der Waals surface area (Å²) in [6, 6.07) is 68.7. The second-order valence-electron chi connectivity index (χ2n) is 15.0. The molecule has 1 atom stereocenters. The lowest BCUT2D eigenvalue weighted by atomic mass is 10.0. The highest BCUT2D eigenvalue weighted by Crippen LogP contribution is 2.39. The van der Waals surface area contributed by atoms with Crippen LogP contribution >= 0.6 is 0 Å². The number of rotatable bonds is 5. The summed E-state index contributed by atoms with van der Waals surface area (Å²) in [6.45, 7) is 0. The van der Waals surface area contributed by atoms with Gasteiger partial charge in [0.05, 0.1) is 16.6 Å². The molecule has 2 aromatic heterocycles. The Morgan fingerprint density at radius 2 is 1.12 bits per heavy atom. The van der Waals surface area contributed by atoms with Crippen molar-refractivity contribution < 1.29 is 4.42 Å². The first-order valence-corrected chi connectivity index (χ1v) is 19.7. The van der Waals surface area contributed by atoms with Crippen molar-refractivity contribution in [2.75, 3.05) is 0 Å². The Morgan fingerprint density at radius 1 is 0.466 bits per heavy atom. The summed E-state index contributed by atoms with van der Waals surface area (Å²) in [5, 5.41) is 13.1. The van der Waals surface area contributed by atoms with Gasteiger partial charge in [-0.25, -0.2) is 9.98 Å². The Kier molecular flexibility index (Phi) is 7.23. The maximum absolute atomic E-state index is 6.78. The standard InChI is InChI=1S/C53H34N4O/c1-2-12-33(13-3-1)35-22-25-36(26-23-35)51-54-52(40-27-24-34-14-4-5-15-37(34)28-40)56-53(55-51)46-32-41(31-45-43-19-9-11-21-49(43)58-50(45)46)57-47-20-10-8-18-42(47)44-29-38-16-6-7-17-39(38)30-48(44)57/h1-32,52H,(H,54,55,56). The summed E-state index contributed by atoms with van der Waals surface area (Å²) in [5.74, 6) is 1.36. The number of amidine groups is 2. The fourth-order valence-corrected chi connectivity index (χ4v) is 8.76. The molecule has 58 heavy (non-hydrogen) atoms. The summed E-state index contributed by atoms with van der Waals surface area (Å²) < 4.78 is 9.17. The Balaban J connectivity index is 1.10. The highest BCUT2D eigenvalue weighted by molar-refractivity contribution is 6.21. The smallest absolute Gasteiger partial charge is 0.159 e. The van der Waals surface area contributed by atoms with Gasteiger partial charge in [0.1, 0.15) is 23.2 Å². The van der Waals surface area contributed by atoms with Crippen molar-refractivity contribution in [3.8, 4) is 16.8 Å². The van der Waals surface area contributed by atoms with Gasteiger partial charge in [-0.3, -0.25) is 0 Å². The number of furan rings is 1. The lowest BCUT2D eigenvalue weighted by Gasteiger charge is -2.24. The van der Waals surface area contributed by atoms with E-state index < -0.39 is 6.17 Å². The molecule has 1 aliphatic heterocycles. The average Bonchev–Trinajstić information content (AvgIpc) is 3.83. The molecule has 5 heteroatoms. The van der Waals surface area contributed by atoms with E-state index >= 15 is 0 Å². The molecule has 9 aromatic carbocycles. The monoisotopic (exact) mass is 742 g/mol. The molecule has 0 bridgehead atoms. The van der Waals surface area contributed by atoms with Gasteiger partial charge in [-0.1, -0.05) is 152 Å². The second kappa shape index (κ2) is 12.9. The van der Waals surface area contributed by atoms with Gasteiger partial charge in [0.2, 0.25) is 0 Å². The van der Waals surface area contributed by atoms with Crippen molar-refractivity contribution in [3.05, 3.63) is 211 Å². The van der Waals surface area contributed by atoms with Crippen molar-refractivity contribution >= 4 is 77.0 Å². The minimum absolute atomic E-state index is 0.399. The molecule has 12 rings (SSSR count). The van der Waals surface area contributed by atoms with E-state index in [1.807, 2.05) is 18.2 Å². The van der Waals surface area contributed by atoms with Gasteiger partial charge < -0.3 is 14.3 Å². The molecule has 1 N–H and O–H groups in total. The zero-order valence-corrected chi connectivity index (χ0v) is 31.3. The number of para-hydroxylation sites is 2. The van der Waals surface area contributed by atoms with Crippen LogP contribution in [0.4, 0.5) is 0 Å². The Bertz CT molecular complexity index is 3480. The highest BCUT2D eigenvalue weighted by Gasteiger charge is 2.26. The van der Waals surface area contributed by atoms with Crippen molar-refractivity contribution in [1.29, 1.82) is 0 Å². The number of aromatic nitrogens is 1. The van der Waals surface area contributed by atoms with Gasteiger partial charge in [0.25, 0.3) is 0 Å². The molecule has 0 spiro atoms. The largest absolute Gasteiger partial charge is 0.455 e. The molecule has 0 aliphatic carbocycles. The van der Waals surface area contributed by atoms with Crippen molar-refractivity contribution in [2.24, 2.45) is 9.98 Å². The summed E-state index contributed by atoms with van der Waals surface area (Å²) >= 11 is 0. The van der Waals surface area contributed by atoms with E-state index in [4.69, 9.17) is 14.4 Å². The summed E-state index contributed by atoms with van der Waals surface area (Å²) in [7, 11) is 0. The number of aliphatic imine (C=N–C) groups is 2. The molecule has 0 saturated carbocycles. The number of hydrogen-bond acceptors (Lipinski definition) is 4. The van der Waals surface area contributed by atoms with Gasteiger partial charge in [-0.05, 0) is 80.7 Å². The highest BCUT2D eigenvalue weighted by atomic mass is 16.3. The number of fused-ring (bicyclic) bond motifs is 8. The zero-order valence-electron chi connectivity index (χ0n) is 31.3. The molecule has 272 valence electrons. The third kappa shape index (κ3) is 5.25. The fraction of sp³-hybridized carbons (Fsp3) is 0.0189. The topological polar surface area (TPSA) is 54.8 Å². The lowest BCUT2D eigenvalue weighted by Crippen LogP contribution is -2.33. The minimum Gasteiger partial charge on any atom is -0.455 e. The number of nitrogens with zero attached hydrogens (tertiary/aromatic N) is 3. The molecule has 0 fully saturated rings. The average molecular weight is 743 g/mol. The van der Waals surface area contributed by atoms with Crippen molar-refractivity contribution in [3.63, 3.8) is 0 Å². The third-order valence-electron chi connectivity index (χ3n) is 11.6. The second-order valence-corrected chi connectivity index (χ2v) is 15.0.